The second kappa shape index (κ2) is 6.84. The summed E-state index contributed by atoms with van der Waals surface area (Å²) in [6.45, 7) is 7.27. The Balaban J connectivity index is 2.57. The van der Waals surface area contributed by atoms with Crippen LogP contribution >= 0.6 is 0 Å². The van der Waals surface area contributed by atoms with Gasteiger partial charge in [-0.05, 0) is 19.8 Å². The average molecular weight is 339 g/mol. The van der Waals surface area contributed by atoms with E-state index in [1.165, 1.54) is 11.8 Å². The Kier molecular flexibility index (Phi) is 5.22. The molecule has 2 aromatic rings. The Hall–Kier alpha value is -2.02. The van der Waals surface area contributed by atoms with Gasteiger partial charge in [-0.25, -0.2) is 18.4 Å². The molecule has 0 unspecified atom stereocenters. The molecule has 0 spiro atoms. The standard InChI is InChI=1S/C17H23F2N3O2/c1-10(2)6-14-20-16(22(21-14)9-17(3,4)23)15-12(18)7-11(24-5)8-13(15)19/h7-8,10,23H,6,9H2,1-5H3. The molecule has 1 N–H and O–H groups in total. The maximum atomic E-state index is 14.4. The SMILES string of the molecule is COc1cc(F)c(-c2nc(CC(C)C)nn2CC(C)(C)O)c(F)c1. The predicted molar refractivity (Wildman–Crippen MR) is 86.8 cm³/mol. The lowest BCUT2D eigenvalue weighted by Crippen LogP contribution is -2.27. The highest BCUT2D eigenvalue weighted by molar-refractivity contribution is 5.59. The van der Waals surface area contributed by atoms with Crippen molar-refractivity contribution in [3.63, 3.8) is 0 Å². The van der Waals surface area contributed by atoms with Crippen LogP contribution in [0.1, 0.15) is 33.5 Å². The van der Waals surface area contributed by atoms with E-state index >= 15 is 0 Å². The van der Waals surface area contributed by atoms with E-state index in [0.717, 1.165) is 12.1 Å². The second-order valence-corrected chi connectivity index (χ2v) is 6.89. The summed E-state index contributed by atoms with van der Waals surface area (Å²) in [7, 11) is 1.34. The van der Waals surface area contributed by atoms with Crippen LogP contribution in [0.25, 0.3) is 11.4 Å². The smallest absolute Gasteiger partial charge is 0.164 e. The van der Waals surface area contributed by atoms with E-state index in [-0.39, 0.29) is 23.7 Å². The fourth-order valence-corrected chi connectivity index (χ4v) is 2.38. The highest BCUT2D eigenvalue weighted by Crippen LogP contribution is 2.29. The molecular formula is C17H23F2N3O2. The molecule has 1 aromatic heterocycles. The van der Waals surface area contributed by atoms with Crippen LogP contribution in [0.4, 0.5) is 8.78 Å². The molecule has 1 heterocycles. The van der Waals surface area contributed by atoms with E-state index in [9.17, 15) is 13.9 Å². The van der Waals surface area contributed by atoms with Crippen LogP contribution in [0.2, 0.25) is 0 Å². The number of aliphatic hydroxyl groups is 1. The first-order valence-corrected chi connectivity index (χ1v) is 7.80. The summed E-state index contributed by atoms with van der Waals surface area (Å²) < 4.78 is 35.0. The molecule has 2 rings (SSSR count). The van der Waals surface area contributed by atoms with Gasteiger partial charge in [-0.15, -0.1) is 0 Å². The van der Waals surface area contributed by atoms with Crippen molar-refractivity contribution in [1.29, 1.82) is 0 Å². The van der Waals surface area contributed by atoms with Crippen molar-refractivity contribution >= 4 is 0 Å². The summed E-state index contributed by atoms with van der Waals surface area (Å²) in [6.07, 6.45) is 0.575. The van der Waals surface area contributed by atoms with E-state index in [0.29, 0.717) is 18.2 Å². The summed E-state index contributed by atoms with van der Waals surface area (Å²) in [4.78, 5) is 4.30. The van der Waals surface area contributed by atoms with Crippen LogP contribution < -0.4 is 4.74 Å². The summed E-state index contributed by atoms with van der Waals surface area (Å²) in [5.41, 5.74) is -1.38. The first-order valence-electron chi connectivity index (χ1n) is 7.80. The molecule has 0 amide bonds. The van der Waals surface area contributed by atoms with Gasteiger partial charge in [0.05, 0.1) is 24.8 Å². The quantitative estimate of drug-likeness (QED) is 0.878. The van der Waals surface area contributed by atoms with E-state index in [1.54, 1.807) is 13.8 Å². The fourth-order valence-electron chi connectivity index (χ4n) is 2.38. The molecule has 0 saturated heterocycles. The molecule has 7 heteroatoms. The molecule has 0 radical (unpaired) electrons. The Morgan fingerprint density at radius 2 is 1.83 bits per heavy atom. The fraction of sp³-hybridized carbons (Fsp3) is 0.529. The normalized spacial score (nSPS) is 12.0. The van der Waals surface area contributed by atoms with Crippen LogP contribution in [-0.4, -0.2) is 32.6 Å². The van der Waals surface area contributed by atoms with Crippen molar-refractivity contribution in [2.45, 2.75) is 46.3 Å². The number of nitrogens with zero attached hydrogens (tertiary/aromatic N) is 3. The van der Waals surface area contributed by atoms with E-state index in [4.69, 9.17) is 4.74 Å². The van der Waals surface area contributed by atoms with Gasteiger partial charge in [-0.2, -0.15) is 5.10 Å². The van der Waals surface area contributed by atoms with E-state index in [1.807, 2.05) is 13.8 Å². The number of aromatic nitrogens is 3. The van der Waals surface area contributed by atoms with Crippen LogP contribution in [-0.2, 0) is 13.0 Å². The number of rotatable bonds is 6. The van der Waals surface area contributed by atoms with Crippen molar-refractivity contribution in [2.75, 3.05) is 7.11 Å². The first kappa shape index (κ1) is 18.3. The highest BCUT2D eigenvalue weighted by atomic mass is 19.1. The summed E-state index contributed by atoms with van der Waals surface area (Å²) >= 11 is 0. The molecule has 24 heavy (non-hydrogen) atoms. The number of hydrogen-bond acceptors (Lipinski definition) is 4. The Bertz CT molecular complexity index is 698. The van der Waals surface area contributed by atoms with Crippen molar-refractivity contribution in [3.05, 3.63) is 29.6 Å². The van der Waals surface area contributed by atoms with Crippen LogP contribution in [0.15, 0.2) is 12.1 Å². The van der Waals surface area contributed by atoms with Gasteiger partial charge in [0.25, 0.3) is 0 Å². The summed E-state index contributed by atoms with van der Waals surface area (Å²) in [6, 6.07) is 2.20. The van der Waals surface area contributed by atoms with Gasteiger partial charge in [-0.1, -0.05) is 13.8 Å². The average Bonchev–Trinajstić information content (AvgIpc) is 2.77. The molecule has 0 saturated carbocycles. The van der Waals surface area contributed by atoms with Gasteiger partial charge < -0.3 is 9.84 Å². The lowest BCUT2D eigenvalue weighted by Gasteiger charge is -2.18. The van der Waals surface area contributed by atoms with Gasteiger partial charge in [0, 0.05) is 18.6 Å². The van der Waals surface area contributed by atoms with Gasteiger partial charge in [-0.3, -0.25) is 0 Å². The van der Waals surface area contributed by atoms with Crippen molar-refractivity contribution in [3.8, 4) is 17.1 Å². The first-order chi connectivity index (χ1) is 11.1. The Morgan fingerprint density at radius 3 is 2.29 bits per heavy atom. The molecular weight excluding hydrogens is 316 g/mol. The number of halogens is 2. The summed E-state index contributed by atoms with van der Waals surface area (Å²) in [5, 5.41) is 14.4. The molecule has 0 aliphatic rings. The summed E-state index contributed by atoms with van der Waals surface area (Å²) in [5.74, 6) is -0.643. The van der Waals surface area contributed by atoms with Crippen LogP contribution in [0.3, 0.4) is 0 Å². The van der Waals surface area contributed by atoms with Gasteiger partial charge >= 0.3 is 0 Å². The maximum absolute atomic E-state index is 14.4. The molecule has 0 aliphatic heterocycles. The van der Waals surface area contributed by atoms with Gasteiger partial charge in [0.15, 0.2) is 11.6 Å². The zero-order valence-corrected chi connectivity index (χ0v) is 14.6. The monoisotopic (exact) mass is 339 g/mol. The molecule has 0 aliphatic carbocycles. The highest BCUT2D eigenvalue weighted by Gasteiger charge is 2.24. The van der Waals surface area contributed by atoms with E-state index < -0.39 is 17.2 Å². The zero-order chi connectivity index (χ0) is 18.1. The predicted octanol–water partition coefficient (Wildman–Crippen LogP) is 3.20. The third-order valence-corrected chi connectivity index (χ3v) is 3.32. The van der Waals surface area contributed by atoms with Crippen LogP contribution in [0, 0.1) is 17.6 Å². The molecule has 132 valence electrons. The minimum absolute atomic E-state index is 0.0606. The zero-order valence-electron chi connectivity index (χ0n) is 14.6. The van der Waals surface area contributed by atoms with Gasteiger partial charge in [0.1, 0.15) is 17.4 Å². The lowest BCUT2D eigenvalue weighted by atomic mass is 10.1. The second-order valence-electron chi connectivity index (χ2n) is 6.89. The number of ether oxygens (including phenoxy) is 1. The van der Waals surface area contributed by atoms with Crippen LogP contribution in [0.5, 0.6) is 5.75 Å². The molecule has 1 aromatic carbocycles. The third-order valence-electron chi connectivity index (χ3n) is 3.32. The maximum Gasteiger partial charge on any atom is 0.164 e. The number of hydrogen-bond donors (Lipinski definition) is 1. The Morgan fingerprint density at radius 1 is 1.25 bits per heavy atom. The molecule has 0 bridgehead atoms. The van der Waals surface area contributed by atoms with Gasteiger partial charge in [0.2, 0.25) is 0 Å². The topological polar surface area (TPSA) is 60.2 Å². The largest absolute Gasteiger partial charge is 0.497 e. The Labute approximate surface area is 140 Å². The minimum Gasteiger partial charge on any atom is -0.497 e. The molecule has 0 atom stereocenters. The minimum atomic E-state index is -1.10. The van der Waals surface area contributed by atoms with E-state index in [2.05, 4.69) is 10.1 Å². The molecule has 0 fully saturated rings. The molecule has 5 nitrogen and oxygen atoms in total. The third kappa shape index (κ3) is 4.29. The lowest BCUT2D eigenvalue weighted by molar-refractivity contribution is 0.0580. The van der Waals surface area contributed by atoms with Crippen molar-refractivity contribution in [2.24, 2.45) is 5.92 Å². The van der Waals surface area contributed by atoms with Crippen molar-refractivity contribution in [1.82, 2.24) is 14.8 Å². The van der Waals surface area contributed by atoms with Crippen molar-refractivity contribution < 1.29 is 18.6 Å². The number of benzene rings is 1. The number of methoxy groups -OCH3 is 1.